The number of sulfonamides is 1. The Morgan fingerprint density at radius 1 is 1.33 bits per heavy atom. The average Bonchev–Trinajstić information content (AvgIpc) is 2.63. The predicted octanol–water partition coefficient (Wildman–Crippen LogP) is 1.55. The molecule has 0 unspecified atom stereocenters. The Hall–Kier alpha value is -1.80. The molecule has 0 bridgehead atoms. The summed E-state index contributed by atoms with van der Waals surface area (Å²) >= 11 is 0. The first-order valence-corrected chi connectivity index (χ1v) is 11.2. The molecule has 1 N–H and O–H groups in total. The maximum Gasteiger partial charge on any atom is 0.211 e. The number of nitrogens with one attached hydrogen (secondary N) is 1. The minimum atomic E-state index is -3.07. The van der Waals surface area contributed by atoms with Crippen molar-refractivity contribution in [2.24, 2.45) is 10.9 Å². The van der Waals surface area contributed by atoms with E-state index in [4.69, 9.17) is 4.74 Å². The monoisotopic (exact) mass is 396 g/mol. The third-order valence-electron chi connectivity index (χ3n) is 4.94. The van der Waals surface area contributed by atoms with Crippen LogP contribution >= 0.6 is 0 Å². The Bertz CT molecular complexity index is 728. The largest absolute Gasteiger partial charge is 0.491 e. The number of likely N-dealkylation sites (N-methyl/N-ethyl adjacent to an activating group) is 1. The van der Waals surface area contributed by atoms with E-state index in [-0.39, 0.29) is 0 Å². The fraction of sp³-hybridized carbons (Fsp3) is 0.632. The molecule has 1 aromatic rings. The molecule has 152 valence electrons. The molecule has 27 heavy (non-hydrogen) atoms. The summed E-state index contributed by atoms with van der Waals surface area (Å²) in [6.45, 7) is 5.34. The van der Waals surface area contributed by atoms with E-state index in [1.54, 1.807) is 11.4 Å². The number of hydrogen-bond donors (Lipinski definition) is 1. The van der Waals surface area contributed by atoms with Crippen molar-refractivity contribution in [1.82, 2.24) is 14.5 Å². The number of ether oxygens (including phenoxy) is 1. The number of piperidine rings is 1. The molecule has 7 nitrogen and oxygen atoms in total. The van der Waals surface area contributed by atoms with Crippen molar-refractivity contribution in [1.29, 1.82) is 0 Å². The van der Waals surface area contributed by atoms with E-state index >= 15 is 0 Å². The molecule has 0 saturated carbocycles. The zero-order chi connectivity index (χ0) is 19.9. The normalized spacial score (nSPS) is 17.0. The SMILES string of the molecule is CN=C(NCC1CCN(S(C)(=O)=O)CC1)N(C)CCOc1ccccc1C. The molecule has 0 aromatic heterocycles. The highest BCUT2D eigenvalue weighted by molar-refractivity contribution is 7.88. The highest BCUT2D eigenvalue weighted by atomic mass is 32.2. The van der Waals surface area contributed by atoms with Gasteiger partial charge in [0.25, 0.3) is 0 Å². The van der Waals surface area contributed by atoms with Gasteiger partial charge >= 0.3 is 0 Å². The first-order valence-electron chi connectivity index (χ1n) is 9.36. The highest BCUT2D eigenvalue weighted by Crippen LogP contribution is 2.18. The standard InChI is InChI=1S/C19H32N4O3S/c1-16-7-5-6-8-18(16)26-14-13-22(3)19(20-2)21-15-17-9-11-23(12-10-17)27(4,24)25/h5-8,17H,9-15H2,1-4H3,(H,20,21). The van der Waals surface area contributed by atoms with E-state index in [2.05, 4.69) is 10.3 Å². The van der Waals surface area contributed by atoms with E-state index in [0.717, 1.165) is 43.2 Å². The van der Waals surface area contributed by atoms with Crippen molar-refractivity contribution < 1.29 is 13.2 Å². The Morgan fingerprint density at radius 2 is 2.00 bits per heavy atom. The van der Waals surface area contributed by atoms with Gasteiger partial charge < -0.3 is 15.0 Å². The molecule has 0 radical (unpaired) electrons. The van der Waals surface area contributed by atoms with Gasteiger partial charge in [-0.25, -0.2) is 12.7 Å². The van der Waals surface area contributed by atoms with Crippen molar-refractivity contribution in [2.75, 3.05) is 53.1 Å². The average molecular weight is 397 g/mol. The first-order chi connectivity index (χ1) is 12.8. The highest BCUT2D eigenvalue weighted by Gasteiger charge is 2.25. The minimum absolute atomic E-state index is 0.455. The number of hydrogen-bond acceptors (Lipinski definition) is 4. The third kappa shape index (κ3) is 6.70. The van der Waals surface area contributed by atoms with E-state index in [1.165, 1.54) is 6.26 Å². The maximum absolute atomic E-state index is 11.6. The van der Waals surface area contributed by atoms with Gasteiger partial charge in [-0.15, -0.1) is 0 Å². The summed E-state index contributed by atoms with van der Waals surface area (Å²) in [4.78, 5) is 6.38. The lowest BCUT2D eigenvalue weighted by atomic mass is 9.98. The molecule has 1 aliphatic rings. The second-order valence-corrected chi connectivity index (χ2v) is 9.05. The van der Waals surface area contributed by atoms with Crippen LogP contribution in [0.3, 0.4) is 0 Å². The molecule has 1 aromatic carbocycles. The van der Waals surface area contributed by atoms with E-state index in [1.807, 2.05) is 43.1 Å². The third-order valence-corrected chi connectivity index (χ3v) is 6.25. The lowest BCUT2D eigenvalue weighted by Gasteiger charge is -2.31. The lowest BCUT2D eigenvalue weighted by molar-refractivity contribution is 0.267. The number of benzene rings is 1. The van der Waals surface area contributed by atoms with Gasteiger partial charge in [-0.3, -0.25) is 4.99 Å². The quantitative estimate of drug-likeness (QED) is 0.559. The zero-order valence-corrected chi connectivity index (χ0v) is 17.6. The summed E-state index contributed by atoms with van der Waals surface area (Å²) in [6, 6.07) is 7.99. The molecule has 8 heteroatoms. The van der Waals surface area contributed by atoms with Gasteiger partial charge in [0.05, 0.1) is 12.8 Å². The number of aliphatic imine (C=N–C) groups is 1. The molecule has 0 spiro atoms. The van der Waals surface area contributed by atoms with Gasteiger partial charge in [-0.2, -0.15) is 0 Å². The van der Waals surface area contributed by atoms with Crippen LogP contribution in [0.5, 0.6) is 5.75 Å². The first kappa shape index (κ1) is 21.5. The van der Waals surface area contributed by atoms with Crippen molar-refractivity contribution >= 4 is 16.0 Å². The predicted molar refractivity (Wildman–Crippen MR) is 110 cm³/mol. The fourth-order valence-electron chi connectivity index (χ4n) is 3.18. The Morgan fingerprint density at radius 3 is 2.59 bits per heavy atom. The number of aryl methyl sites for hydroxylation is 1. The van der Waals surface area contributed by atoms with Crippen LogP contribution < -0.4 is 10.1 Å². The van der Waals surface area contributed by atoms with Crippen LogP contribution in [0, 0.1) is 12.8 Å². The topological polar surface area (TPSA) is 74.2 Å². The molecule has 1 heterocycles. The van der Waals surface area contributed by atoms with Crippen LogP contribution in [0.25, 0.3) is 0 Å². The molecule has 1 aliphatic heterocycles. The van der Waals surface area contributed by atoms with Crippen molar-refractivity contribution in [3.63, 3.8) is 0 Å². The summed E-state index contributed by atoms with van der Waals surface area (Å²) in [7, 11) is 0.692. The van der Waals surface area contributed by atoms with E-state index in [0.29, 0.717) is 25.6 Å². The Kier molecular flexibility index (Phi) is 7.91. The molecule has 0 atom stereocenters. The summed E-state index contributed by atoms with van der Waals surface area (Å²) in [5.74, 6) is 2.19. The van der Waals surface area contributed by atoms with Gasteiger partial charge in [0.15, 0.2) is 5.96 Å². The van der Waals surface area contributed by atoms with E-state index in [9.17, 15) is 8.42 Å². The van der Waals surface area contributed by atoms with Gasteiger partial charge in [-0.1, -0.05) is 18.2 Å². The summed E-state index contributed by atoms with van der Waals surface area (Å²) in [5, 5.41) is 3.40. The van der Waals surface area contributed by atoms with Gasteiger partial charge in [-0.05, 0) is 37.3 Å². The fourth-order valence-corrected chi connectivity index (χ4v) is 4.06. The molecule has 2 rings (SSSR count). The second kappa shape index (κ2) is 9.94. The van der Waals surface area contributed by atoms with Crippen LogP contribution in [0.1, 0.15) is 18.4 Å². The Labute approximate surface area is 163 Å². The van der Waals surface area contributed by atoms with Crippen LogP contribution in [0.15, 0.2) is 29.3 Å². The van der Waals surface area contributed by atoms with Crippen LogP contribution in [-0.4, -0.2) is 76.7 Å². The summed E-state index contributed by atoms with van der Waals surface area (Å²) in [6.07, 6.45) is 3.02. The van der Waals surface area contributed by atoms with Crippen LogP contribution in [0.4, 0.5) is 0 Å². The molecule has 1 saturated heterocycles. The minimum Gasteiger partial charge on any atom is -0.491 e. The molecular weight excluding hydrogens is 364 g/mol. The Balaban J connectivity index is 1.72. The second-order valence-electron chi connectivity index (χ2n) is 7.07. The van der Waals surface area contributed by atoms with Crippen LogP contribution in [-0.2, 0) is 10.0 Å². The molecular formula is C19H32N4O3S. The van der Waals surface area contributed by atoms with Gasteiger partial charge in [0.1, 0.15) is 12.4 Å². The lowest BCUT2D eigenvalue weighted by Crippen LogP contribution is -2.45. The van der Waals surface area contributed by atoms with Crippen LogP contribution in [0.2, 0.25) is 0 Å². The van der Waals surface area contributed by atoms with Gasteiger partial charge in [0.2, 0.25) is 10.0 Å². The molecule has 0 aliphatic carbocycles. The van der Waals surface area contributed by atoms with E-state index < -0.39 is 10.0 Å². The molecule has 0 amide bonds. The van der Waals surface area contributed by atoms with Crippen molar-refractivity contribution in [3.8, 4) is 5.75 Å². The smallest absolute Gasteiger partial charge is 0.211 e. The number of guanidine groups is 1. The van der Waals surface area contributed by atoms with Crippen molar-refractivity contribution in [2.45, 2.75) is 19.8 Å². The summed E-state index contributed by atoms with van der Waals surface area (Å²) in [5.41, 5.74) is 1.13. The number of rotatable bonds is 7. The number of para-hydroxylation sites is 1. The number of nitrogens with zero attached hydrogens (tertiary/aromatic N) is 3. The van der Waals surface area contributed by atoms with Gasteiger partial charge in [0, 0.05) is 33.7 Å². The maximum atomic E-state index is 11.6. The molecule has 1 fully saturated rings. The zero-order valence-electron chi connectivity index (χ0n) is 16.8. The summed E-state index contributed by atoms with van der Waals surface area (Å²) < 4.78 is 30.6. The van der Waals surface area contributed by atoms with Crippen molar-refractivity contribution in [3.05, 3.63) is 29.8 Å².